The number of para-hydroxylation sites is 1. The lowest BCUT2D eigenvalue weighted by atomic mass is 9.94. The van der Waals surface area contributed by atoms with Gasteiger partial charge in [0.15, 0.2) is 11.5 Å². The van der Waals surface area contributed by atoms with Gasteiger partial charge >= 0.3 is 0 Å². The van der Waals surface area contributed by atoms with Crippen LogP contribution in [-0.2, 0) is 16.6 Å². The molecule has 2 heterocycles. The summed E-state index contributed by atoms with van der Waals surface area (Å²) in [5, 5.41) is 12.7. The summed E-state index contributed by atoms with van der Waals surface area (Å²) >= 11 is 12.9. The normalized spacial score (nSPS) is 16.8. The molecule has 1 amide bonds. The molecule has 1 aromatic heterocycles. The first-order valence-electron chi connectivity index (χ1n) is 12.1. The zero-order chi connectivity index (χ0) is 28.2. The number of amides is 1. The Morgan fingerprint density at radius 3 is 2.23 bits per heavy atom. The van der Waals surface area contributed by atoms with E-state index >= 15 is 0 Å². The van der Waals surface area contributed by atoms with Gasteiger partial charge in [-0.25, -0.2) is 0 Å². The van der Waals surface area contributed by atoms with Crippen LogP contribution in [0, 0.1) is 13.8 Å². The van der Waals surface area contributed by atoms with Crippen molar-refractivity contribution in [1.82, 2.24) is 4.57 Å². The van der Waals surface area contributed by atoms with Crippen LogP contribution in [0.5, 0.6) is 11.5 Å². The van der Waals surface area contributed by atoms with Crippen molar-refractivity contribution in [1.29, 1.82) is 0 Å². The number of Topliss-reactive ketones (excluding diaryl/α,β-unsaturated/α-hetero) is 1. The molecule has 3 aromatic carbocycles. The Bertz CT molecular complexity index is 1690. The highest BCUT2D eigenvalue weighted by molar-refractivity contribution is 6.52. The minimum atomic E-state index is -0.943. The van der Waals surface area contributed by atoms with E-state index in [0.717, 1.165) is 22.0 Å². The van der Waals surface area contributed by atoms with Gasteiger partial charge in [-0.2, -0.15) is 0 Å². The summed E-state index contributed by atoms with van der Waals surface area (Å²) in [4.78, 5) is 28.9. The van der Waals surface area contributed by atoms with Gasteiger partial charge in [0.05, 0.1) is 36.4 Å². The van der Waals surface area contributed by atoms with Crippen LogP contribution >= 0.6 is 23.2 Å². The van der Waals surface area contributed by atoms with E-state index in [9.17, 15) is 14.7 Å². The molecule has 5 rings (SSSR count). The van der Waals surface area contributed by atoms with Crippen molar-refractivity contribution < 1.29 is 24.2 Å². The van der Waals surface area contributed by atoms with E-state index in [-0.39, 0.29) is 32.7 Å². The zero-order valence-electron chi connectivity index (χ0n) is 22.0. The summed E-state index contributed by atoms with van der Waals surface area (Å²) in [5.74, 6) is -1.84. The number of hydrogen-bond donors (Lipinski definition) is 1. The fraction of sp³-hybridized carbons (Fsp3) is 0.200. The van der Waals surface area contributed by atoms with Crippen molar-refractivity contribution in [3.63, 3.8) is 0 Å². The van der Waals surface area contributed by atoms with Crippen molar-refractivity contribution in [2.24, 2.45) is 7.05 Å². The summed E-state index contributed by atoms with van der Waals surface area (Å²) in [5.41, 5.74) is 3.95. The zero-order valence-corrected chi connectivity index (χ0v) is 23.5. The number of nitrogens with zero attached hydrogens (tertiary/aromatic N) is 2. The third-order valence-corrected chi connectivity index (χ3v) is 7.57. The summed E-state index contributed by atoms with van der Waals surface area (Å²) in [6.45, 7) is 3.85. The summed E-state index contributed by atoms with van der Waals surface area (Å²) in [6.07, 6.45) is 1.87. The summed E-state index contributed by atoms with van der Waals surface area (Å²) in [7, 11) is 4.67. The number of carbonyl (C=O) groups is 2. The van der Waals surface area contributed by atoms with Crippen LogP contribution in [0.4, 0.5) is 5.69 Å². The van der Waals surface area contributed by atoms with Gasteiger partial charge in [-0.1, -0.05) is 47.5 Å². The van der Waals surface area contributed by atoms with Gasteiger partial charge in [0.1, 0.15) is 10.8 Å². The predicted octanol–water partition coefficient (Wildman–Crippen LogP) is 6.75. The minimum absolute atomic E-state index is 0.0271. The quantitative estimate of drug-likeness (QED) is 0.165. The number of hydrogen-bond acceptors (Lipinski definition) is 5. The lowest BCUT2D eigenvalue weighted by molar-refractivity contribution is -0.132. The van der Waals surface area contributed by atoms with Crippen molar-refractivity contribution in [3.05, 3.63) is 92.6 Å². The SMILES string of the molecule is COc1c(Cl)cc(/C(O)=C2\C(=O)C(=O)N(c3cc(C)cc(C)c3)C2c2cn(C)c3ccccc23)c(OC)c1Cl. The Morgan fingerprint density at radius 2 is 1.59 bits per heavy atom. The Balaban J connectivity index is 1.86. The molecule has 0 radical (unpaired) electrons. The smallest absolute Gasteiger partial charge is 0.300 e. The van der Waals surface area contributed by atoms with Gasteiger partial charge in [0.2, 0.25) is 0 Å². The molecule has 1 unspecified atom stereocenters. The number of fused-ring (bicyclic) bond motifs is 1. The molecule has 1 N–H and O–H groups in total. The number of ketones is 1. The molecule has 0 aliphatic carbocycles. The molecule has 200 valence electrons. The van der Waals surface area contributed by atoms with E-state index in [4.69, 9.17) is 32.7 Å². The number of benzene rings is 3. The lowest BCUT2D eigenvalue weighted by Gasteiger charge is -2.26. The van der Waals surface area contributed by atoms with E-state index in [0.29, 0.717) is 11.3 Å². The molecular weight excluding hydrogens is 539 g/mol. The molecule has 1 atom stereocenters. The van der Waals surface area contributed by atoms with Crippen LogP contribution in [0.1, 0.15) is 28.3 Å². The van der Waals surface area contributed by atoms with Crippen LogP contribution in [0.2, 0.25) is 10.0 Å². The monoisotopic (exact) mass is 564 g/mol. The van der Waals surface area contributed by atoms with Crippen LogP contribution < -0.4 is 14.4 Å². The largest absolute Gasteiger partial charge is 0.507 e. The number of aromatic nitrogens is 1. The molecule has 7 nitrogen and oxygen atoms in total. The first kappa shape index (κ1) is 26.7. The number of ether oxygens (including phenoxy) is 2. The minimum Gasteiger partial charge on any atom is -0.507 e. The van der Waals surface area contributed by atoms with Gasteiger partial charge in [-0.15, -0.1) is 0 Å². The Hall–Kier alpha value is -3.94. The highest BCUT2D eigenvalue weighted by atomic mass is 35.5. The van der Waals surface area contributed by atoms with E-state index in [1.807, 2.05) is 74.1 Å². The summed E-state index contributed by atoms with van der Waals surface area (Å²) in [6, 6.07) is 13.8. The molecule has 4 aromatic rings. The molecule has 1 fully saturated rings. The number of carbonyl (C=O) groups excluding carboxylic acids is 2. The molecular formula is C30H26Cl2N2O5. The number of aryl methyl sites for hydroxylation is 3. The Morgan fingerprint density at radius 1 is 0.949 bits per heavy atom. The number of halogens is 2. The maximum Gasteiger partial charge on any atom is 0.300 e. The van der Waals surface area contributed by atoms with Crippen LogP contribution in [0.3, 0.4) is 0 Å². The second kappa shape index (κ2) is 9.98. The van der Waals surface area contributed by atoms with E-state index in [1.165, 1.54) is 25.2 Å². The first-order chi connectivity index (χ1) is 18.6. The average Bonchev–Trinajstić information content (AvgIpc) is 3.36. The molecule has 0 bridgehead atoms. The van der Waals surface area contributed by atoms with E-state index in [1.54, 1.807) is 0 Å². The summed E-state index contributed by atoms with van der Waals surface area (Å²) < 4.78 is 12.7. The number of methoxy groups -OCH3 is 2. The number of aliphatic hydroxyl groups excluding tert-OH is 1. The number of rotatable bonds is 5. The molecule has 39 heavy (non-hydrogen) atoms. The third-order valence-electron chi connectivity index (χ3n) is 6.95. The van der Waals surface area contributed by atoms with Crippen molar-refractivity contribution in [3.8, 4) is 11.5 Å². The van der Waals surface area contributed by atoms with Crippen LogP contribution in [0.15, 0.2) is 60.3 Å². The second-order valence-electron chi connectivity index (χ2n) is 9.51. The lowest BCUT2D eigenvalue weighted by Crippen LogP contribution is -2.29. The number of aliphatic hydroxyl groups is 1. The standard InChI is InChI=1S/C30H26Cl2N2O5/c1-15-10-16(2)12-17(11-15)34-25(20-14-33(3)22-9-7-6-8-18(20)22)23(27(36)30(34)37)26(35)19-13-21(31)29(39-5)24(32)28(19)38-4/h6-14,25,35H,1-5H3/b26-23+. The van der Waals surface area contributed by atoms with Crippen molar-refractivity contribution in [2.75, 3.05) is 19.1 Å². The van der Waals surface area contributed by atoms with Gasteiger partial charge in [-0.3, -0.25) is 14.5 Å². The fourth-order valence-electron chi connectivity index (χ4n) is 5.37. The van der Waals surface area contributed by atoms with Crippen LogP contribution in [-0.4, -0.2) is 35.6 Å². The van der Waals surface area contributed by atoms with E-state index < -0.39 is 23.5 Å². The van der Waals surface area contributed by atoms with Crippen LogP contribution in [0.25, 0.3) is 16.7 Å². The third kappa shape index (κ3) is 4.22. The van der Waals surface area contributed by atoms with Gasteiger partial charge in [0.25, 0.3) is 11.7 Å². The van der Waals surface area contributed by atoms with Gasteiger partial charge in [-0.05, 0) is 49.2 Å². The molecule has 9 heteroatoms. The molecule has 1 aliphatic rings. The van der Waals surface area contributed by atoms with Gasteiger partial charge < -0.3 is 19.1 Å². The molecule has 1 saturated heterocycles. The topological polar surface area (TPSA) is 81.0 Å². The molecule has 0 saturated carbocycles. The molecule has 0 spiro atoms. The molecule has 1 aliphatic heterocycles. The average molecular weight is 565 g/mol. The predicted molar refractivity (Wildman–Crippen MR) is 153 cm³/mol. The van der Waals surface area contributed by atoms with Gasteiger partial charge in [0, 0.05) is 35.4 Å². The maximum absolute atomic E-state index is 13.7. The number of anilines is 1. The Kier molecular flexibility index (Phi) is 6.83. The highest BCUT2D eigenvalue weighted by Crippen LogP contribution is 2.49. The highest BCUT2D eigenvalue weighted by Gasteiger charge is 2.48. The Labute approximate surface area is 235 Å². The fourth-order valence-corrected chi connectivity index (χ4v) is 6.05. The van der Waals surface area contributed by atoms with Crippen molar-refractivity contribution in [2.45, 2.75) is 19.9 Å². The first-order valence-corrected chi connectivity index (χ1v) is 12.9. The second-order valence-corrected chi connectivity index (χ2v) is 10.3. The van der Waals surface area contributed by atoms with E-state index in [2.05, 4.69) is 0 Å². The maximum atomic E-state index is 13.7. The van der Waals surface area contributed by atoms with Crippen molar-refractivity contribution >= 4 is 57.2 Å².